The van der Waals surface area contributed by atoms with Crippen molar-refractivity contribution in [3.05, 3.63) is 70.3 Å². The summed E-state index contributed by atoms with van der Waals surface area (Å²) in [6.07, 6.45) is 8.56. The highest BCUT2D eigenvalue weighted by atomic mass is 16.2. The number of aliphatic hydroxyl groups is 1. The lowest BCUT2D eigenvalue weighted by Gasteiger charge is -2.26. The Morgan fingerprint density at radius 1 is 0.960 bits per heavy atom. The van der Waals surface area contributed by atoms with Gasteiger partial charge >= 0.3 is 0 Å². The Hall–Kier alpha value is -1.86. The Labute approximate surface area is 151 Å². The highest BCUT2D eigenvalue weighted by Gasteiger charge is 2.30. The second-order valence-electron chi connectivity index (χ2n) is 7.70. The lowest BCUT2D eigenvalue weighted by molar-refractivity contribution is 0.299. The van der Waals surface area contributed by atoms with E-state index in [9.17, 15) is 5.11 Å². The predicted octanol–water partition coefficient (Wildman–Crippen LogP) is 5.58. The van der Waals surface area contributed by atoms with Crippen molar-refractivity contribution in [1.29, 1.82) is 0 Å². The molecule has 2 aliphatic carbocycles. The molecule has 25 heavy (non-hydrogen) atoms. The van der Waals surface area contributed by atoms with Crippen LogP contribution in [-0.4, -0.2) is 11.7 Å². The zero-order valence-electron chi connectivity index (χ0n) is 15.2. The van der Waals surface area contributed by atoms with Crippen molar-refractivity contribution in [2.75, 3.05) is 6.61 Å². The molecule has 2 aromatic carbocycles. The number of fused-ring (bicyclic) bond motifs is 1. The van der Waals surface area contributed by atoms with E-state index >= 15 is 0 Å². The summed E-state index contributed by atoms with van der Waals surface area (Å²) in [6, 6.07) is 15.7. The Kier molecular flexibility index (Phi) is 4.76. The second kappa shape index (κ2) is 7.17. The summed E-state index contributed by atoms with van der Waals surface area (Å²) in [6.45, 7) is 2.41. The first kappa shape index (κ1) is 16.6. The van der Waals surface area contributed by atoms with Crippen LogP contribution in [0.3, 0.4) is 0 Å². The van der Waals surface area contributed by atoms with Crippen LogP contribution in [0.25, 0.3) is 11.1 Å². The van der Waals surface area contributed by atoms with E-state index in [4.69, 9.17) is 0 Å². The molecule has 0 radical (unpaired) electrons. The molecule has 0 bridgehead atoms. The first-order chi connectivity index (χ1) is 12.3. The molecule has 0 spiro atoms. The summed E-state index contributed by atoms with van der Waals surface area (Å²) in [5.74, 6) is 0.704. The monoisotopic (exact) mass is 332 g/mol. The fraction of sp³-hybridized carbons (Fsp3) is 0.417. The van der Waals surface area contributed by atoms with Crippen molar-refractivity contribution < 1.29 is 5.11 Å². The van der Waals surface area contributed by atoms with Crippen molar-refractivity contribution in [3.63, 3.8) is 0 Å². The van der Waals surface area contributed by atoms with E-state index in [0.29, 0.717) is 5.92 Å². The molecular weight excluding hydrogens is 304 g/mol. The van der Waals surface area contributed by atoms with Crippen molar-refractivity contribution in [2.24, 2.45) is 5.92 Å². The summed E-state index contributed by atoms with van der Waals surface area (Å²) >= 11 is 0. The molecule has 0 atom stereocenters. The first-order valence-corrected chi connectivity index (χ1v) is 9.80. The molecule has 0 unspecified atom stereocenters. The van der Waals surface area contributed by atoms with Crippen LogP contribution in [0.1, 0.15) is 59.9 Å². The molecule has 2 aromatic rings. The van der Waals surface area contributed by atoms with Crippen LogP contribution in [0.2, 0.25) is 0 Å². The van der Waals surface area contributed by atoms with Gasteiger partial charge in [-0.05, 0) is 71.9 Å². The number of allylic oxidation sites excluding steroid dienone is 2. The minimum absolute atomic E-state index is 0.217. The van der Waals surface area contributed by atoms with Gasteiger partial charge in [-0.15, -0.1) is 0 Å². The van der Waals surface area contributed by atoms with Crippen molar-refractivity contribution in [3.8, 4) is 0 Å². The standard InChI is InChI=1S/C24H28O/c1-17-11-12-22-20(15-17)16-23(24(22)19-8-3-2-4-9-19)21-10-6-5-7-18(21)13-14-25/h5-7,10-12,15,19,25H,2-4,8-9,13-14,16H2,1H3. The lowest BCUT2D eigenvalue weighted by Crippen LogP contribution is -2.09. The molecule has 4 rings (SSSR count). The molecule has 2 aliphatic rings. The maximum absolute atomic E-state index is 9.50. The Morgan fingerprint density at radius 3 is 2.56 bits per heavy atom. The number of rotatable bonds is 4. The third kappa shape index (κ3) is 3.18. The average molecular weight is 332 g/mol. The Balaban J connectivity index is 1.85. The summed E-state index contributed by atoms with van der Waals surface area (Å²) in [7, 11) is 0. The molecule has 1 heteroatoms. The fourth-order valence-electron chi connectivity index (χ4n) is 4.83. The third-order valence-electron chi connectivity index (χ3n) is 5.98. The van der Waals surface area contributed by atoms with Crippen molar-refractivity contribution >= 4 is 11.1 Å². The molecule has 0 aliphatic heterocycles. The highest BCUT2D eigenvalue weighted by Crippen LogP contribution is 2.47. The SMILES string of the molecule is Cc1ccc2c(c1)CC(c1ccccc1CCO)=C2C1CCCCC1. The van der Waals surface area contributed by atoms with E-state index < -0.39 is 0 Å². The second-order valence-corrected chi connectivity index (χ2v) is 7.70. The van der Waals surface area contributed by atoms with E-state index in [0.717, 1.165) is 12.8 Å². The molecule has 1 fully saturated rings. The van der Waals surface area contributed by atoms with E-state index in [1.807, 2.05) is 0 Å². The molecule has 130 valence electrons. The van der Waals surface area contributed by atoms with Gasteiger partial charge in [0.2, 0.25) is 0 Å². The number of benzene rings is 2. The van der Waals surface area contributed by atoms with Crippen LogP contribution >= 0.6 is 0 Å². The molecule has 0 saturated heterocycles. The van der Waals surface area contributed by atoms with E-state index in [1.165, 1.54) is 65.5 Å². The normalized spacial score (nSPS) is 17.8. The van der Waals surface area contributed by atoms with Gasteiger partial charge in [-0.3, -0.25) is 0 Å². The lowest BCUT2D eigenvalue weighted by atomic mass is 9.79. The van der Waals surface area contributed by atoms with Gasteiger partial charge in [0, 0.05) is 6.61 Å². The number of hydrogen-bond donors (Lipinski definition) is 1. The molecule has 1 nitrogen and oxygen atoms in total. The largest absolute Gasteiger partial charge is 0.396 e. The molecular formula is C24H28O. The molecule has 1 N–H and O–H groups in total. The first-order valence-electron chi connectivity index (χ1n) is 9.80. The highest BCUT2D eigenvalue weighted by molar-refractivity contribution is 5.98. The molecule has 1 saturated carbocycles. The van der Waals surface area contributed by atoms with Crippen LogP contribution < -0.4 is 0 Å². The summed E-state index contributed by atoms with van der Waals surface area (Å²) in [4.78, 5) is 0. The van der Waals surface area contributed by atoms with Gasteiger partial charge in [0.1, 0.15) is 0 Å². The van der Waals surface area contributed by atoms with Gasteiger partial charge in [-0.2, -0.15) is 0 Å². The average Bonchev–Trinajstić information content (AvgIpc) is 3.01. The molecule has 0 aromatic heterocycles. The zero-order valence-corrected chi connectivity index (χ0v) is 15.2. The number of aryl methyl sites for hydroxylation is 1. The minimum atomic E-state index is 0.217. The summed E-state index contributed by atoms with van der Waals surface area (Å²) in [5.41, 5.74) is 10.1. The van der Waals surface area contributed by atoms with Gasteiger partial charge in [0.15, 0.2) is 0 Å². The van der Waals surface area contributed by atoms with Gasteiger partial charge in [-0.1, -0.05) is 67.3 Å². The van der Waals surface area contributed by atoms with Crippen LogP contribution in [-0.2, 0) is 12.8 Å². The van der Waals surface area contributed by atoms with Gasteiger partial charge in [0.05, 0.1) is 0 Å². The number of aliphatic hydroxyl groups excluding tert-OH is 1. The van der Waals surface area contributed by atoms with E-state index in [1.54, 1.807) is 5.57 Å². The third-order valence-corrected chi connectivity index (χ3v) is 5.98. The molecule has 0 amide bonds. The van der Waals surface area contributed by atoms with E-state index in [2.05, 4.69) is 49.4 Å². The van der Waals surface area contributed by atoms with Crippen LogP contribution in [0, 0.1) is 12.8 Å². The number of hydrogen-bond acceptors (Lipinski definition) is 1. The van der Waals surface area contributed by atoms with Gasteiger partial charge in [0.25, 0.3) is 0 Å². The zero-order chi connectivity index (χ0) is 17.2. The summed E-state index contributed by atoms with van der Waals surface area (Å²) in [5, 5.41) is 9.50. The Bertz CT molecular complexity index is 793. The topological polar surface area (TPSA) is 20.2 Å². The van der Waals surface area contributed by atoms with Gasteiger partial charge in [-0.25, -0.2) is 0 Å². The van der Waals surface area contributed by atoms with Crippen molar-refractivity contribution in [2.45, 2.75) is 51.9 Å². The fourth-order valence-corrected chi connectivity index (χ4v) is 4.83. The van der Waals surface area contributed by atoms with Crippen LogP contribution in [0.4, 0.5) is 0 Å². The van der Waals surface area contributed by atoms with Gasteiger partial charge < -0.3 is 5.11 Å². The maximum Gasteiger partial charge on any atom is 0.0471 e. The summed E-state index contributed by atoms with van der Waals surface area (Å²) < 4.78 is 0. The van der Waals surface area contributed by atoms with Crippen LogP contribution in [0.15, 0.2) is 42.5 Å². The maximum atomic E-state index is 9.50. The Morgan fingerprint density at radius 2 is 1.76 bits per heavy atom. The smallest absolute Gasteiger partial charge is 0.0471 e. The van der Waals surface area contributed by atoms with E-state index in [-0.39, 0.29) is 6.61 Å². The quantitative estimate of drug-likeness (QED) is 0.775. The minimum Gasteiger partial charge on any atom is -0.396 e. The predicted molar refractivity (Wildman–Crippen MR) is 106 cm³/mol. The molecule has 0 heterocycles. The van der Waals surface area contributed by atoms with Crippen molar-refractivity contribution in [1.82, 2.24) is 0 Å². The van der Waals surface area contributed by atoms with Crippen LogP contribution in [0.5, 0.6) is 0 Å².